The average molecular weight is 613 g/mol. The largest absolute Gasteiger partial charge is 0.389 e. The van der Waals surface area contributed by atoms with E-state index in [0.29, 0.717) is 0 Å². The molecule has 0 saturated heterocycles. The summed E-state index contributed by atoms with van der Waals surface area (Å²) < 4.78 is 11.5. The highest BCUT2D eigenvalue weighted by Crippen LogP contribution is 2.13. The van der Waals surface area contributed by atoms with Gasteiger partial charge in [-0.05, 0) is 96.7 Å². The van der Waals surface area contributed by atoms with Crippen LogP contribution in [0.5, 0.6) is 0 Å². The topological polar surface area (TPSA) is 41.5 Å². The molecule has 2 aromatic carbocycles. The minimum Gasteiger partial charge on any atom is -0.389 e. The second kappa shape index (κ2) is 37.8. The standard InChI is InChI=1S/2C11H14.C7H15N.C4H7FO.C3H7N.2C2H6/c1-4-10(3)11-7-5-9(2)6-8-11;1-4-10-5-7-11(8-6-10)9(2)3;1-4-5-6-8-7(2)3;1-3(5)4(2)6;1-3-4-2;2*1-2/h4-8H,1-3H3;5-8H,2,4H2,1,3H3;8H,2,4-6H2,1,3H3;3H,1-2H3;3H,1-2H3;2*1-2H3/b10-4+;;;;;;. The summed E-state index contributed by atoms with van der Waals surface area (Å²) in [6.45, 7) is 35.7. The third-order valence-electron chi connectivity index (χ3n) is 5.57. The molecule has 44 heavy (non-hydrogen) atoms. The molecule has 0 aliphatic carbocycles. The fourth-order valence-corrected chi connectivity index (χ4v) is 2.49. The summed E-state index contributed by atoms with van der Waals surface area (Å²) in [5.41, 5.74) is 8.80. The van der Waals surface area contributed by atoms with Crippen molar-refractivity contribution in [1.82, 2.24) is 5.32 Å². The molecule has 2 rings (SSSR count). The molecule has 0 amide bonds. The number of nitrogens with one attached hydrogen (secondary N) is 1. The molecule has 1 unspecified atom stereocenters. The lowest BCUT2D eigenvalue weighted by molar-refractivity contribution is -0.121. The van der Waals surface area contributed by atoms with Crippen LogP contribution in [-0.4, -0.2) is 31.8 Å². The first kappa shape index (κ1) is 50.4. The molecule has 252 valence electrons. The molecule has 1 N–H and O–H groups in total. The average Bonchev–Trinajstić information content (AvgIpc) is 3.04. The van der Waals surface area contributed by atoms with Crippen LogP contribution in [0.1, 0.15) is 125 Å². The second-order valence-electron chi connectivity index (χ2n) is 9.47. The number of ketones is 1. The first-order valence-corrected chi connectivity index (χ1v) is 16.2. The van der Waals surface area contributed by atoms with Gasteiger partial charge in [0.05, 0.1) is 0 Å². The zero-order valence-corrected chi connectivity index (χ0v) is 31.3. The van der Waals surface area contributed by atoms with Crippen molar-refractivity contribution in [2.45, 2.75) is 122 Å². The molecule has 3 nitrogen and oxygen atoms in total. The van der Waals surface area contributed by atoms with Gasteiger partial charge in [-0.25, -0.2) is 4.39 Å². The highest BCUT2D eigenvalue weighted by molar-refractivity contribution is 5.79. The molecule has 0 heterocycles. The van der Waals surface area contributed by atoms with Gasteiger partial charge in [-0.15, -0.1) is 0 Å². The Hall–Kier alpha value is -3.27. The number of benzene rings is 2. The van der Waals surface area contributed by atoms with Gasteiger partial charge >= 0.3 is 0 Å². The molecule has 0 radical (unpaired) electrons. The van der Waals surface area contributed by atoms with Gasteiger partial charge in [0.25, 0.3) is 0 Å². The van der Waals surface area contributed by atoms with E-state index in [0.717, 1.165) is 24.2 Å². The van der Waals surface area contributed by atoms with Gasteiger partial charge < -0.3 is 10.3 Å². The van der Waals surface area contributed by atoms with Crippen LogP contribution < -0.4 is 5.32 Å². The van der Waals surface area contributed by atoms with E-state index in [9.17, 15) is 9.18 Å². The Morgan fingerprint density at radius 3 is 1.57 bits per heavy atom. The number of allylic oxidation sites excluding steroid dienone is 4. The predicted octanol–water partition coefficient (Wildman–Crippen LogP) is 12.3. The van der Waals surface area contributed by atoms with E-state index in [1.807, 2.05) is 48.5 Å². The van der Waals surface area contributed by atoms with Crippen molar-refractivity contribution in [2.75, 3.05) is 13.6 Å². The molecule has 0 fully saturated rings. The maximum Gasteiger partial charge on any atom is 0.163 e. The third kappa shape index (κ3) is 36.8. The first-order valence-electron chi connectivity index (χ1n) is 16.2. The summed E-state index contributed by atoms with van der Waals surface area (Å²) >= 11 is 0. The SMILES string of the molecule is C/C=C(\C)c1ccc(C)cc1.C=C(C)NCCCC.C=C(C)c1ccc(CC)cc1.CC.CC.CC(=O)C(C)F.CC=NC. The Morgan fingerprint density at radius 1 is 0.886 bits per heavy atom. The number of aryl methyl sites for hydroxylation is 2. The number of hydrogen-bond acceptors (Lipinski definition) is 3. The van der Waals surface area contributed by atoms with Crippen LogP contribution in [0.4, 0.5) is 4.39 Å². The van der Waals surface area contributed by atoms with Crippen molar-refractivity contribution in [2.24, 2.45) is 4.99 Å². The number of alkyl halides is 1. The summed E-state index contributed by atoms with van der Waals surface area (Å²) in [5, 5.41) is 3.15. The Balaban J connectivity index is -0.000000145. The van der Waals surface area contributed by atoms with E-state index in [-0.39, 0.29) is 0 Å². The highest BCUT2D eigenvalue weighted by atomic mass is 19.1. The number of Topliss-reactive ketones (excluding diaryl/α,β-unsaturated/α-hetero) is 1. The van der Waals surface area contributed by atoms with Gasteiger partial charge in [-0.2, -0.15) is 0 Å². The number of rotatable bonds is 8. The van der Waals surface area contributed by atoms with Crippen LogP contribution >= 0.6 is 0 Å². The van der Waals surface area contributed by atoms with Crippen LogP contribution in [-0.2, 0) is 11.2 Å². The monoisotopic (exact) mass is 613 g/mol. The quantitative estimate of drug-likeness (QED) is 0.238. The molecular formula is C40H69FN2O. The Bertz CT molecular complexity index is 981. The summed E-state index contributed by atoms with van der Waals surface area (Å²) in [6.07, 6.45) is 6.19. The Morgan fingerprint density at radius 2 is 1.30 bits per heavy atom. The van der Waals surface area contributed by atoms with Crippen molar-refractivity contribution in [1.29, 1.82) is 0 Å². The van der Waals surface area contributed by atoms with E-state index in [2.05, 4.69) is 113 Å². The zero-order chi connectivity index (χ0) is 35.5. The lowest BCUT2D eigenvalue weighted by Crippen LogP contribution is -2.10. The van der Waals surface area contributed by atoms with Crippen molar-refractivity contribution >= 4 is 23.1 Å². The van der Waals surface area contributed by atoms with Crippen molar-refractivity contribution in [3.05, 3.63) is 95.7 Å². The second-order valence-corrected chi connectivity index (χ2v) is 9.47. The number of halogens is 1. The van der Waals surface area contributed by atoms with Crippen LogP contribution in [0.15, 0.2) is 78.5 Å². The van der Waals surface area contributed by atoms with E-state index in [1.165, 1.54) is 54.5 Å². The number of hydrogen-bond donors (Lipinski definition) is 1. The molecule has 0 saturated carbocycles. The molecular weight excluding hydrogens is 543 g/mol. The van der Waals surface area contributed by atoms with Gasteiger partial charge in [0.1, 0.15) is 0 Å². The van der Waals surface area contributed by atoms with Gasteiger partial charge in [0.15, 0.2) is 12.0 Å². The Labute approximate surface area is 273 Å². The van der Waals surface area contributed by atoms with Crippen LogP contribution in [0, 0.1) is 6.92 Å². The van der Waals surface area contributed by atoms with E-state index in [1.54, 1.807) is 13.3 Å². The lowest BCUT2D eigenvalue weighted by atomic mass is 10.1. The molecule has 1 atom stereocenters. The first-order chi connectivity index (χ1) is 20.8. The van der Waals surface area contributed by atoms with E-state index in [4.69, 9.17) is 0 Å². The third-order valence-corrected chi connectivity index (χ3v) is 5.57. The fourth-order valence-electron chi connectivity index (χ4n) is 2.49. The molecule has 2 aromatic rings. The van der Waals surface area contributed by atoms with Crippen LogP contribution in [0.25, 0.3) is 11.1 Å². The van der Waals surface area contributed by atoms with Crippen LogP contribution in [0.2, 0.25) is 0 Å². The van der Waals surface area contributed by atoms with Crippen molar-refractivity contribution in [3.8, 4) is 0 Å². The number of carbonyl (C=O) groups is 1. The number of aliphatic imine (C=N–C) groups is 1. The molecule has 0 bridgehead atoms. The van der Waals surface area contributed by atoms with E-state index < -0.39 is 12.0 Å². The fraction of sp³-hybridized carbons (Fsp3) is 0.500. The van der Waals surface area contributed by atoms with Gasteiger partial charge in [-0.1, -0.05) is 127 Å². The van der Waals surface area contributed by atoms with E-state index >= 15 is 0 Å². The summed E-state index contributed by atoms with van der Waals surface area (Å²) in [4.78, 5) is 13.4. The maximum atomic E-state index is 11.5. The molecule has 4 heteroatoms. The smallest absolute Gasteiger partial charge is 0.163 e. The minimum absolute atomic E-state index is 0.407. The molecule has 0 aliphatic heterocycles. The predicted molar refractivity (Wildman–Crippen MR) is 203 cm³/mol. The van der Waals surface area contributed by atoms with Gasteiger partial charge in [0.2, 0.25) is 0 Å². The Kier molecular flexibility index (Phi) is 43.2. The number of nitrogens with zero attached hydrogens (tertiary/aromatic N) is 1. The number of carbonyl (C=O) groups excluding carboxylic acids is 1. The molecule has 0 spiro atoms. The van der Waals surface area contributed by atoms with Gasteiger partial charge in [-0.3, -0.25) is 4.79 Å². The maximum absolute atomic E-state index is 11.5. The molecule has 0 aliphatic rings. The molecule has 0 aromatic heterocycles. The minimum atomic E-state index is -1.29. The van der Waals surface area contributed by atoms with Crippen molar-refractivity contribution < 1.29 is 9.18 Å². The number of unbranched alkanes of at least 4 members (excludes halogenated alkanes) is 1. The van der Waals surface area contributed by atoms with Crippen molar-refractivity contribution in [3.63, 3.8) is 0 Å². The van der Waals surface area contributed by atoms with Gasteiger partial charge in [0, 0.05) is 19.3 Å². The van der Waals surface area contributed by atoms with Crippen LogP contribution in [0.3, 0.4) is 0 Å². The summed E-state index contributed by atoms with van der Waals surface area (Å²) in [6, 6.07) is 17.2. The summed E-state index contributed by atoms with van der Waals surface area (Å²) in [7, 11) is 1.75. The zero-order valence-electron chi connectivity index (χ0n) is 31.3. The summed E-state index contributed by atoms with van der Waals surface area (Å²) in [5.74, 6) is -0.407. The highest BCUT2D eigenvalue weighted by Gasteiger charge is 2.00. The normalized spacial score (nSPS) is 9.95. The lowest BCUT2D eigenvalue weighted by Gasteiger charge is -2.00.